The van der Waals surface area contributed by atoms with Crippen molar-refractivity contribution in [3.63, 3.8) is 0 Å². The number of methoxy groups -OCH3 is 1. The zero-order valence-corrected chi connectivity index (χ0v) is 12.5. The van der Waals surface area contributed by atoms with E-state index in [0.717, 1.165) is 11.1 Å². The molecule has 0 bridgehead atoms. The molecule has 0 heterocycles. The average molecular weight is 291 g/mol. The first-order valence-corrected chi connectivity index (χ1v) is 7.65. The molecule has 0 spiro atoms. The summed E-state index contributed by atoms with van der Waals surface area (Å²) in [7, 11) is -2.21. The topological polar surface area (TPSA) is 55.4 Å². The number of rotatable bonds is 4. The van der Waals surface area contributed by atoms with Crippen LogP contribution in [0.5, 0.6) is 5.75 Å². The zero-order chi connectivity index (χ0) is 14.8. The molecule has 106 valence electrons. The molecule has 0 aliphatic carbocycles. The Morgan fingerprint density at radius 3 is 2.20 bits per heavy atom. The first kappa shape index (κ1) is 14.4. The second-order valence-electron chi connectivity index (χ2n) is 4.56. The van der Waals surface area contributed by atoms with Gasteiger partial charge in [-0.15, -0.1) is 0 Å². The van der Waals surface area contributed by atoms with E-state index in [1.54, 1.807) is 36.4 Å². The highest BCUT2D eigenvalue weighted by Gasteiger charge is 2.20. The van der Waals surface area contributed by atoms with Gasteiger partial charge < -0.3 is 4.74 Å². The fraction of sp³-hybridized carbons (Fsp3) is 0.200. The molecule has 0 fully saturated rings. The molecule has 0 aliphatic heterocycles. The molecule has 0 unspecified atom stereocenters. The van der Waals surface area contributed by atoms with Gasteiger partial charge >= 0.3 is 0 Å². The smallest absolute Gasteiger partial charge is 0.265 e. The van der Waals surface area contributed by atoms with Crippen molar-refractivity contribution >= 4 is 15.7 Å². The summed E-state index contributed by atoms with van der Waals surface area (Å²) >= 11 is 0. The second-order valence-corrected chi connectivity index (χ2v) is 6.21. The van der Waals surface area contributed by atoms with Gasteiger partial charge in [-0.2, -0.15) is 0 Å². The van der Waals surface area contributed by atoms with Crippen molar-refractivity contribution in [2.75, 3.05) is 11.8 Å². The monoisotopic (exact) mass is 291 g/mol. The van der Waals surface area contributed by atoms with E-state index in [9.17, 15) is 8.42 Å². The van der Waals surface area contributed by atoms with Gasteiger partial charge in [-0.05, 0) is 49.2 Å². The van der Waals surface area contributed by atoms with Crippen LogP contribution in [0.25, 0.3) is 0 Å². The largest absolute Gasteiger partial charge is 0.495 e. The van der Waals surface area contributed by atoms with Crippen LogP contribution in [-0.4, -0.2) is 15.5 Å². The summed E-state index contributed by atoms with van der Waals surface area (Å²) in [4.78, 5) is 0.145. The first-order valence-electron chi connectivity index (χ1n) is 6.17. The Balaban J connectivity index is 2.47. The molecule has 0 aromatic heterocycles. The predicted molar refractivity (Wildman–Crippen MR) is 79.7 cm³/mol. The van der Waals surface area contributed by atoms with E-state index in [-0.39, 0.29) is 4.90 Å². The number of hydrogen-bond donors (Lipinski definition) is 1. The number of benzene rings is 2. The van der Waals surface area contributed by atoms with Crippen LogP contribution in [0.1, 0.15) is 11.1 Å². The Morgan fingerprint density at radius 2 is 1.60 bits per heavy atom. The van der Waals surface area contributed by atoms with Crippen molar-refractivity contribution in [1.82, 2.24) is 0 Å². The Morgan fingerprint density at radius 1 is 1.00 bits per heavy atom. The minimum Gasteiger partial charge on any atom is -0.495 e. The summed E-state index contributed by atoms with van der Waals surface area (Å²) in [5.41, 5.74) is 2.41. The van der Waals surface area contributed by atoms with Crippen LogP contribution >= 0.6 is 0 Å². The van der Waals surface area contributed by atoms with Crippen LogP contribution in [0.2, 0.25) is 0 Å². The molecule has 0 amide bonds. The highest BCUT2D eigenvalue weighted by Crippen LogP contribution is 2.28. The van der Waals surface area contributed by atoms with Crippen LogP contribution in [0.4, 0.5) is 5.69 Å². The van der Waals surface area contributed by atoms with Gasteiger partial charge in [-0.25, -0.2) is 8.42 Å². The molecule has 0 radical (unpaired) electrons. The molecule has 4 nitrogen and oxygen atoms in total. The van der Waals surface area contributed by atoms with E-state index in [2.05, 4.69) is 4.72 Å². The molecule has 0 atom stereocenters. The van der Waals surface area contributed by atoms with Crippen molar-refractivity contribution in [2.45, 2.75) is 18.7 Å². The lowest BCUT2D eigenvalue weighted by molar-refractivity contribution is 0.402. The van der Waals surface area contributed by atoms with Crippen molar-refractivity contribution in [3.8, 4) is 5.75 Å². The molecular weight excluding hydrogens is 274 g/mol. The Bertz CT molecular complexity index is 709. The molecule has 2 aromatic rings. The summed E-state index contributed by atoms with van der Waals surface area (Å²) in [6.45, 7) is 3.79. The Hall–Kier alpha value is -2.01. The quantitative estimate of drug-likeness (QED) is 0.941. The number of para-hydroxylation sites is 1. The lowest BCUT2D eigenvalue weighted by Gasteiger charge is -2.13. The van der Waals surface area contributed by atoms with E-state index in [1.807, 2.05) is 19.9 Å². The van der Waals surface area contributed by atoms with Crippen molar-refractivity contribution in [1.29, 1.82) is 0 Å². The van der Waals surface area contributed by atoms with E-state index < -0.39 is 10.0 Å². The van der Waals surface area contributed by atoms with Crippen LogP contribution in [0.15, 0.2) is 47.4 Å². The summed E-state index contributed by atoms with van der Waals surface area (Å²) in [5.74, 6) is 0.344. The molecule has 1 N–H and O–H groups in total. The number of hydrogen-bond acceptors (Lipinski definition) is 3. The third kappa shape index (κ3) is 2.93. The van der Waals surface area contributed by atoms with E-state index in [0.29, 0.717) is 11.4 Å². The summed E-state index contributed by atoms with van der Waals surface area (Å²) in [6, 6.07) is 12.1. The summed E-state index contributed by atoms with van der Waals surface area (Å²) < 4.78 is 32.6. The second kappa shape index (κ2) is 5.54. The SMILES string of the molecule is COc1cc(C)c(C)cc1S(=O)(=O)Nc1ccccc1. The number of sulfonamides is 1. The van der Waals surface area contributed by atoms with Crippen molar-refractivity contribution in [2.24, 2.45) is 0 Å². The number of anilines is 1. The van der Waals surface area contributed by atoms with E-state index >= 15 is 0 Å². The van der Waals surface area contributed by atoms with Crippen LogP contribution in [0, 0.1) is 13.8 Å². The number of ether oxygens (including phenoxy) is 1. The highest BCUT2D eigenvalue weighted by atomic mass is 32.2. The first-order chi connectivity index (χ1) is 9.44. The third-order valence-corrected chi connectivity index (χ3v) is 4.50. The van der Waals surface area contributed by atoms with Gasteiger partial charge in [0.05, 0.1) is 7.11 Å². The molecule has 0 saturated heterocycles. The van der Waals surface area contributed by atoms with Crippen molar-refractivity contribution < 1.29 is 13.2 Å². The molecule has 5 heteroatoms. The minimum absolute atomic E-state index is 0.145. The van der Waals surface area contributed by atoms with Crippen LogP contribution in [0.3, 0.4) is 0 Å². The fourth-order valence-electron chi connectivity index (χ4n) is 1.85. The van der Waals surface area contributed by atoms with Gasteiger partial charge in [0.2, 0.25) is 0 Å². The van der Waals surface area contributed by atoms with Crippen molar-refractivity contribution in [3.05, 3.63) is 53.6 Å². The van der Waals surface area contributed by atoms with Gasteiger partial charge in [0.25, 0.3) is 10.0 Å². The summed E-state index contributed by atoms with van der Waals surface area (Å²) in [5, 5.41) is 0. The molecular formula is C15H17NO3S. The number of aryl methyl sites for hydroxylation is 2. The van der Waals surface area contributed by atoms with Gasteiger partial charge in [-0.3, -0.25) is 4.72 Å². The molecule has 0 saturated carbocycles. The van der Waals surface area contributed by atoms with Gasteiger partial charge in [-0.1, -0.05) is 18.2 Å². The molecule has 0 aliphatic rings. The highest BCUT2D eigenvalue weighted by molar-refractivity contribution is 7.92. The van der Waals surface area contributed by atoms with Crippen LogP contribution < -0.4 is 9.46 Å². The molecule has 2 aromatic carbocycles. The summed E-state index contributed by atoms with van der Waals surface area (Å²) in [6.07, 6.45) is 0. The lowest BCUT2D eigenvalue weighted by atomic mass is 10.1. The van der Waals surface area contributed by atoms with Crippen LogP contribution in [-0.2, 0) is 10.0 Å². The van der Waals surface area contributed by atoms with Gasteiger partial charge in [0, 0.05) is 5.69 Å². The van der Waals surface area contributed by atoms with Gasteiger partial charge in [0.15, 0.2) is 0 Å². The fourth-order valence-corrected chi connectivity index (χ4v) is 3.14. The standard InChI is InChI=1S/C15H17NO3S/c1-11-9-14(19-3)15(10-12(11)2)20(17,18)16-13-7-5-4-6-8-13/h4-10,16H,1-3H3. The average Bonchev–Trinajstić information content (AvgIpc) is 2.42. The zero-order valence-electron chi connectivity index (χ0n) is 11.7. The molecule has 20 heavy (non-hydrogen) atoms. The molecule has 2 rings (SSSR count). The number of nitrogens with one attached hydrogen (secondary N) is 1. The Kier molecular flexibility index (Phi) is 3.99. The Labute approximate surface area is 119 Å². The third-order valence-electron chi connectivity index (χ3n) is 3.10. The van der Waals surface area contributed by atoms with E-state index in [4.69, 9.17) is 4.74 Å². The normalized spacial score (nSPS) is 11.2. The van der Waals surface area contributed by atoms with Gasteiger partial charge in [0.1, 0.15) is 10.6 Å². The van der Waals surface area contributed by atoms with E-state index in [1.165, 1.54) is 7.11 Å². The minimum atomic E-state index is -3.67. The predicted octanol–water partition coefficient (Wildman–Crippen LogP) is 3.11. The lowest BCUT2D eigenvalue weighted by Crippen LogP contribution is -2.14. The maximum atomic E-state index is 12.5. The maximum Gasteiger partial charge on any atom is 0.265 e. The maximum absolute atomic E-state index is 12.5.